The summed E-state index contributed by atoms with van der Waals surface area (Å²) < 4.78 is 0. The fourth-order valence-electron chi connectivity index (χ4n) is 2.03. The van der Waals surface area contributed by atoms with Crippen LogP contribution in [0.3, 0.4) is 0 Å². The molecule has 1 fully saturated rings. The van der Waals surface area contributed by atoms with Crippen molar-refractivity contribution in [1.82, 2.24) is 10.3 Å². The number of aromatic nitrogens is 1. The third-order valence-corrected chi connectivity index (χ3v) is 3.46. The summed E-state index contributed by atoms with van der Waals surface area (Å²) in [6.45, 7) is 0. The van der Waals surface area contributed by atoms with Crippen LogP contribution in [0.2, 0.25) is 0 Å². The van der Waals surface area contributed by atoms with Gasteiger partial charge in [-0.25, -0.2) is 0 Å². The van der Waals surface area contributed by atoms with Gasteiger partial charge in [0.05, 0.1) is 0 Å². The summed E-state index contributed by atoms with van der Waals surface area (Å²) in [5, 5.41) is 5.68. The Balaban J connectivity index is 1.56. The van der Waals surface area contributed by atoms with Gasteiger partial charge in [0, 0.05) is 35.8 Å². The van der Waals surface area contributed by atoms with Gasteiger partial charge >= 0.3 is 0 Å². The van der Waals surface area contributed by atoms with E-state index in [2.05, 4.69) is 15.6 Å². The van der Waals surface area contributed by atoms with Crippen LogP contribution in [0.5, 0.6) is 0 Å². The molecular weight excluding hydrogens is 290 g/mol. The number of benzene rings is 1. The van der Waals surface area contributed by atoms with Gasteiger partial charge in [0.25, 0.3) is 5.91 Å². The highest BCUT2D eigenvalue weighted by molar-refractivity contribution is 6.02. The van der Waals surface area contributed by atoms with Gasteiger partial charge in [0.1, 0.15) is 0 Å². The molecule has 0 atom stereocenters. The number of nitrogens with one attached hydrogen (secondary N) is 2. The van der Waals surface area contributed by atoms with Gasteiger partial charge in [-0.15, -0.1) is 0 Å². The lowest BCUT2D eigenvalue weighted by Gasteiger charge is -2.03. The zero-order chi connectivity index (χ0) is 16.1. The maximum Gasteiger partial charge on any atom is 0.251 e. The van der Waals surface area contributed by atoms with Gasteiger partial charge < -0.3 is 10.6 Å². The number of amides is 2. The van der Waals surface area contributed by atoms with Gasteiger partial charge in [-0.3, -0.25) is 14.6 Å². The fourth-order valence-corrected chi connectivity index (χ4v) is 2.03. The van der Waals surface area contributed by atoms with Crippen LogP contribution in [0, 0.1) is 0 Å². The van der Waals surface area contributed by atoms with Crippen LogP contribution in [0.1, 0.15) is 28.8 Å². The molecule has 3 rings (SSSR count). The normalized spacial score (nSPS) is 13.7. The van der Waals surface area contributed by atoms with E-state index in [1.54, 1.807) is 42.7 Å². The van der Waals surface area contributed by atoms with Crippen LogP contribution >= 0.6 is 0 Å². The monoisotopic (exact) mass is 307 g/mol. The third kappa shape index (κ3) is 4.51. The Hall–Kier alpha value is -2.95. The van der Waals surface area contributed by atoms with Crippen molar-refractivity contribution in [3.05, 3.63) is 66.0 Å². The van der Waals surface area contributed by atoms with Gasteiger partial charge in [-0.1, -0.05) is 12.1 Å². The smallest absolute Gasteiger partial charge is 0.251 e. The second kappa shape index (κ2) is 6.87. The second-order valence-corrected chi connectivity index (χ2v) is 5.43. The Morgan fingerprint density at radius 3 is 2.39 bits per heavy atom. The number of anilines is 1. The lowest BCUT2D eigenvalue weighted by atomic mass is 10.1. The zero-order valence-corrected chi connectivity index (χ0v) is 12.5. The molecule has 0 bridgehead atoms. The summed E-state index contributed by atoms with van der Waals surface area (Å²) in [6.07, 6.45) is 8.53. The molecule has 116 valence electrons. The maximum atomic E-state index is 11.9. The van der Waals surface area contributed by atoms with Crippen molar-refractivity contribution in [1.29, 1.82) is 0 Å². The van der Waals surface area contributed by atoms with E-state index in [1.807, 2.05) is 12.1 Å². The number of carbonyl (C=O) groups is 2. The minimum Gasteiger partial charge on any atom is -0.349 e. The molecule has 2 amide bonds. The summed E-state index contributed by atoms with van der Waals surface area (Å²) in [5.41, 5.74) is 2.19. The first kappa shape index (κ1) is 15.0. The molecule has 0 spiro atoms. The number of hydrogen-bond acceptors (Lipinski definition) is 3. The highest BCUT2D eigenvalue weighted by atomic mass is 16.2. The SMILES string of the molecule is O=C(C=Cc1ccc(C(=O)NC2CC2)cc1)Nc1ccncc1. The Bertz CT molecular complexity index is 720. The van der Waals surface area contributed by atoms with E-state index >= 15 is 0 Å². The topological polar surface area (TPSA) is 71.1 Å². The van der Waals surface area contributed by atoms with Crippen LogP contribution in [0.4, 0.5) is 5.69 Å². The first-order valence-corrected chi connectivity index (χ1v) is 7.51. The lowest BCUT2D eigenvalue weighted by molar-refractivity contribution is -0.111. The second-order valence-electron chi connectivity index (χ2n) is 5.43. The van der Waals surface area contributed by atoms with E-state index in [-0.39, 0.29) is 11.8 Å². The summed E-state index contributed by atoms with van der Waals surface area (Å²) >= 11 is 0. The van der Waals surface area contributed by atoms with E-state index in [4.69, 9.17) is 0 Å². The lowest BCUT2D eigenvalue weighted by Crippen LogP contribution is -2.25. The average Bonchev–Trinajstić information content (AvgIpc) is 3.38. The van der Waals surface area contributed by atoms with Crippen molar-refractivity contribution in [2.45, 2.75) is 18.9 Å². The largest absolute Gasteiger partial charge is 0.349 e. The molecule has 0 radical (unpaired) electrons. The van der Waals surface area contributed by atoms with Crippen molar-refractivity contribution >= 4 is 23.6 Å². The Labute approximate surface area is 134 Å². The molecule has 1 heterocycles. The summed E-state index contributed by atoms with van der Waals surface area (Å²) in [4.78, 5) is 27.6. The first-order valence-electron chi connectivity index (χ1n) is 7.51. The number of pyridine rings is 1. The maximum absolute atomic E-state index is 11.9. The number of carbonyl (C=O) groups excluding carboxylic acids is 2. The number of rotatable bonds is 5. The minimum atomic E-state index is -0.216. The molecule has 0 saturated heterocycles. The Kier molecular flexibility index (Phi) is 4.47. The van der Waals surface area contributed by atoms with E-state index in [0.717, 1.165) is 18.4 Å². The van der Waals surface area contributed by atoms with Gasteiger partial charge in [0.2, 0.25) is 5.91 Å². The van der Waals surface area contributed by atoms with Gasteiger partial charge in [-0.2, -0.15) is 0 Å². The van der Waals surface area contributed by atoms with Crippen molar-refractivity contribution in [3.63, 3.8) is 0 Å². The zero-order valence-electron chi connectivity index (χ0n) is 12.5. The molecule has 5 heteroatoms. The van der Waals surface area contributed by atoms with Crippen molar-refractivity contribution in [3.8, 4) is 0 Å². The standard InChI is InChI=1S/C18H17N3O2/c22-17(20-16-9-11-19-12-10-16)8-3-13-1-4-14(5-2-13)18(23)21-15-6-7-15/h1-5,8-12,15H,6-7H2,(H,21,23)(H,19,20,22). The van der Waals surface area contributed by atoms with Gasteiger partial charge in [-0.05, 0) is 48.7 Å². The Morgan fingerprint density at radius 2 is 1.74 bits per heavy atom. The molecule has 1 saturated carbocycles. The van der Waals surface area contributed by atoms with Crippen LogP contribution in [0.25, 0.3) is 6.08 Å². The Morgan fingerprint density at radius 1 is 1.04 bits per heavy atom. The first-order chi connectivity index (χ1) is 11.2. The third-order valence-electron chi connectivity index (χ3n) is 3.46. The summed E-state index contributed by atoms with van der Waals surface area (Å²) in [7, 11) is 0. The fraction of sp³-hybridized carbons (Fsp3) is 0.167. The van der Waals surface area contributed by atoms with E-state index in [1.165, 1.54) is 6.08 Å². The molecule has 1 aliphatic carbocycles. The van der Waals surface area contributed by atoms with Crippen LogP contribution < -0.4 is 10.6 Å². The molecule has 23 heavy (non-hydrogen) atoms. The molecule has 1 aromatic heterocycles. The highest BCUT2D eigenvalue weighted by Gasteiger charge is 2.23. The van der Waals surface area contributed by atoms with E-state index < -0.39 is 0 Å². The van der Waals surface area contributed by atoms with Crippen LogP contribution in [-0.2, 0) is 4.79 Å². The minimum absolute atomic E-state index is 0.0431. The number of nitrogens with zero attached hydrogens (tertiary/aromatic N) is 1. The molecule has 5 nitrogen and oxygen atoms in total. The molecule has 0 unspecified atom stereocenters. The molecular formula is C18H17N3O2. The molecule has 2 N–H and O–H groups in total. The van der Waals surface area contributed by atoms with Crippen molar-refractivity contribution in [2.75, 3.05) is 5.32 Å². The van der Waals surface area contributed by atoms with Crippen molar-refractivity contribution in [2.24, 2.45) is 0 Å². The predicted molar refractivity (Wildman–Crippen MR) is 88.8 cm³/mol. The molecule has 2 aromatic rings. The average molecular weight is 307 g/mol. The summed E-state index contributed by atoms with van der Waals surface area (Å²) in [6, 6.07) is 10.9. The van der Waals surface area contributed by atoms with E-state index in [9.17, 15) is 9.59 Å². The molecule has 1 aliphatic rings. The predicted octanol–water partition coefficient (Wildman–Crippen LogP) is 2.63. The quantitative estimate of drug-likeness (QED) is 0.834. The van der Waals surface area contributed by atoms with Crippen LogP contribution in [0.15, 0.2) is 54.9 Å². The molecule has 0 aliphatic heterocycles. The van der Waals surface area contributed by atoms with Crippen LogP contribution in [-0.4, -0.2) is 22.8 Å². The van der Waals surface area contributed by atoms with E-state index in [0.29, 0.717) is 17.3 Å². The summed E-state index contributed by atoms with van der Waals surface area (Å²) in [5.74, 6) is -0.259. The van der Waals surface area contributed by atoms with Gasteiger partial charge in [0.15, 0.2) is 0 Å². The number of hydrogen-bond donors (Lipinski definition) is 2. The molecule has 1 aromatic carbocycles. The highest BCUT2D eigenvalue weighted by Crippen LogP contribution is 2.19. The van der Waals surface area contributed by atoms with Crippen molar-refractivity contribution < 1.29 is 9.59 Å².